The number of nitrogens with two attached hydrogens (primary N) is 1. The Bertz CT molecular complexity index is 508. The fourth-order valence-electron chi connectivity index (χ4n) is 2.28. The van der Waals surface area contributed by atoms with Crippen LogP contribution in [0.1, 0.15) is 50.7 Å². The highest BCUT2D eigenvalue weighted by Crippen LogP contribution is 2.28. The molecule has 1 aliphatic heterocycles. The van der Waals surface area contributed by atoms with Gasteiger partial charge in [-0.1, -0.05) is 31.9 Å². The largest absolute Gasteiger partial charge is 0.490 e. The highest BCUT2D eigenvalue weighted by Gasteiger charge is 2.23. The zero-order valence-electron chi connectivity index (χ0n) is 11.6. The second-order valence-electron chi connectivity index (χ2n) is 4.95. The molecule has 2 rings (SSSR count). The van der Waals surface area contributed by atoms with E-state index in [1.54, 1.807) is 0 Å². The molecule has 4 heteroatoms. The second kappa shape index (κ2) is 5.87. The Balaban J connectivity index is 2.09. The average Bonchev–Trinajstić information content (AvgIpc) is 2.66. The van der Waals surface area contributed by atoms with Gasteiger partial charge < -0.3 is 10.5 Å². The summed E-state index contributed by atoms with van der Waals surface area (Å²) < 4.78 is 5.95. The number of rotatable bonds is 6. The summed E-state index contributed by atoms with van der Waals surface area (Å²) in [6.45, 7) is 4.26. The van der Waals surface area contributed by atoms with Crippen LogP contribution in [0.2, 0.25) is 0 Å². The third-order valence-electron chi connectivity index (χ3n) is 3.31. The number of ether oxygens (including phenoxy) is 1. The van der Waals surface area contributed by atoms with Gasteiger partial charge >= 0.3 is 0 Å². The van der Waals surface area contributed by atoms with Crippen LogP contribution in [0, 0.1) is 5.41 Å². The number of unbranched alkanes of at least 4 members (excludes halogenated alkanes) is 2. The number of nitrogens with one attached hydrogen (secondary N) is 1. The van der Waals surface area contributed by atoms with Gasteiger partial charge in [0.15, 0.2) is 5.84 Å². The zero-order chi connectivity index (χ0) is 13.8. The Morgan fingerprint density at radius 2 is 2.16 bits per heavy atom. The van der Waals surface area contributed by atoms with Crippen LogP contribution in [0.4, 0.5) is 0 Å². The van der Waals surface area contributed by atoms with Crippen molar-refractivity contribution < 1.29 is 4.74 Å². The van der Waals surface area contributed by atoms with E-state index in [1.165, 1.54) is 19.3 Å². The first kappa shape index (κ1) is 13.6. The molecule has 0 amide bonds. The van der Waals surface area contributed by atoms with Crippen LogP contribution in [0.3, 0.4) is 0 Å². The monoisotopic (exact) mass is 259 g/mol. The summed E-state index contributed by atoms with van der Waals surface area (Å²) >= 11 is 0. The highest BCUT2D eigenvalue weighted by atomic mass is 16.5. The number of fused-ring (bicyclic) bond motifs is 1. The Hall–Kier alpha value is -1.84. The summed E-state index contributed by atoms with van der Waals surface area (Å²) in [6, 6.07) is 5.66. The van der Waals surface area contributed by atoms with Crippen molar-refractivity contribution in [1.29, 1.82) is 5.41 Å². The Morgan fingerprint density at radius 3 is 2.89 bits per heavy atom. The maximum Gasteiger partial charge on any atom is 0.158 e. The van der Waals surface area contributed by atoms with Crippen molar-refractivity contribution in [1.82, 2.24) is 0 Å². The summed E-state index contributed by atoms with van der Waals surface area (Å²) in [5.74, 6) is 1.32. The summed E-state index contributed by atoms with van der Waals surface area (Å²) in [5, 5.41) is 7.87. The molecule has 1 aromatic carbocycles. The molecule has 1 atom stereocenters. The van der Waals surface area contributed by atoms with E-state index in [0.717, 1.165) is 23.3 Å². The second-order valence-corrected chi connectivity index (χ2v) is 4.95. The van der Waals surface area contributed by atoms with Crippen molar-refractivity contribution in [3.8, 4) is 5.75 Å². The molecule has 102 valence electrons. The predicted molar refractivity (Wildman–Crippen MR) is 78.2 cm³/mol. The summed E-state index contributed by atoms with van der Waals surface area (Å²) in [7, 11) is 0. The topological polar surface area (TPSA) is 71.5 Å². The van der Waals surface area contributed by atoms with E-state index >= 15 is 0 Å². The van der Waals surface area contributed by atoms with Gasteiger partial charge in [-0.2, -0.15) is 0 Å². The minimum Gasteiger partial charge on any atom is -0.490 e. The van der Waals surface area contributed by atoms with Gasteiger partial charge in [0.2, 0.25) is 0 Å². The molecule has 0 bridgehead atoms. The van der Waals surface area contributed by atoms with E-state index in [1.807, 2.05) is 18.2 Å². The lowest BCUT2D eigenvalue weighted by atomic mass is 10.1. The van der Waals surface area contributed by atoms with Gasteiger partial charge in [-0.05, 0) is 25.8 Å². The number of hydrogen-bond donors (Lipinski definition) is 2. The SMILES string of the molecule is CCCCCC(C)Oc1cccc2c1C(=N)N=C2N. The average molecular weight is 259 g/mol. The number of amidine groups is 2. The molecule has 0 saturated carbocycles. The van der Waals surface area contributed by atoms with Gasteiger partial charge in [0.05, 0.1) is 11.7 Å². The van der Waals surface area contributed by atoms with Crippen LogP contribution in [-0.2, 0) is 0 Å². The first-order valence-corrected chi connectivity index (χ1v) is 6.86. The van der Waals surface area contributed by atoms with Gasteiger partial charge in [-0.3, -0.25) is 5.41 Å². The van der Waals surface area contributed by atoms with Gasteiger partial charge in [-0.25, -0.2) is 4.99 Å². The molecule has 1 unspecified atom stereocenters. The molecule has 1 aromatic rings. The quantitative estimate of drug-likeness (QED) is 0.771. The minimum atomic E-state index is 0.146. The van der Waals surface area contributed by atoms with Crippen LogP contribution in [0.5, 0.6) is 5.75 Å². The maximum atomic E-state index is 7.87. The zero-order valence-corrected chi connectivity index (χ0v) is 11.6. The van der Waals surface area contributed by atoms with Gasteiger partial charge in [0.1, 0.15) is 11.6 Å². The van der Waals surface area contributed by atoms with Gasteiger partial charge in [0.25, 0.3) is 0 Å². The Morgan fingerprint density at radius 1 is 1.37 bits per heavy atom. The molecule has 1 heterocycles. The van der Waals surface area contributed by atoms with Crippen molar-refractivity contribution in [2.24, 2.45) is 10.7 Å². The molecule has 3 N–H and O–H groups in total. The first-order chi connectivity index (χ1) is 9.13. The molecular weight excluding hydrogens is 238 g/mol. The molecule has 19 heavy (non-hydrogen) atoms. The number of nitrogens with zero attached hydrogens (tertiary/aromatic N) is 1. The van der Waals surface area contributed by atoms with Gasteiger partial charge in [0, 0.05) is 5.56 Å². The lowest BCUT2D eigenvalue weighted by Crippen LogP contribution is -2.14. The minimum absolute atomic E-state index is 0.146. The molecule has 0 aliphatic carbocycles. The maximum absolute atomic E-state index is 7.87. The van der Waals surface area contributed by atoms with E-state index in [-0.39, 0.29) is 11.9 Å². The van der Waals surface area contributed by atoms with Crippen molar-refractivity contribution in [3.05, 3.63) is 29.3 Å². The van der Waals surface area contributed by atoms with E-state index in [2.05, 4.69) is 18.8 Å². The molecule has 0 spiro atoms. The third-order valence-corrected chi connectivity index (χ3v) is 3.31. The van der Waals surface area contributed by atoms with Crippen molar-refractivity contribution >= 4 is 11.7 Å². The molecule has 0 aromatic heterocycles. The smallest absolute Gasteiger partial charge is 0.158 e. The van der Waals surface area contributed by atoms with Crippen LogP contribution >= 0.6 is 0 Å². The number of benzene rings is 1. The van der Waals surface area contributed by atoms with Crippen LogP contribution in [0.25, 0.3) is 0 Å². The molecule has 0 fully saturated rings. The van der Waals surface area contributed by atoms with Crippen LogP contribution in [-0.4, -0.2) is 17.8 Å². The lowest BCUT2D eigenvalue weighted by molar-refractivity contribution is 0.206. The highest BCUT2D eigenvalue weighted by molar-refractivity contribution is 6.22. The van der Waals surface area contributed by atoms with E-state index in [4.69, 9.17) is 15.9 Å². The van der Waals surface area contributed by atoms with E-state index in [0.29, 0.717) is 5.84 Å². The fourth-order valence-corrected chi connectivity index (χ4v) is 2.28. The van der Waals surface area contributed by atoms with Crippen LogP contribution in [0.15, 0.2) is 23.2 Å². The molecule has 4 nitrogen and oxygen atoms in total. The normalized spacial score (nSPS) is 15.1. The Kier molecular flexibility index (Phi) is 4.20. The van der Waals surface area contributed by atoms with Crippen molar-refractivity contribution in [2.45, 2.75) is 45.6 Å². The summed E-state index contributed by atoms with van der Waals surface area (Å²) in [4.78, 5) is 4.00. The molecule has 1 aliphatic rings. The molecule has 0 radical (unpaired) electrons. The molecular formula is C15H21N3O. The van der Waals surface area contributed by atoms with Crippen molar-refractivity contribution in [2.75, 3.05) is 0 Å². The third kappa shape index (κ3) is 2.95. The number of aliphatic imine (C=N–C) groups is 1. The predicted octanol–water partition coefficient (Wildman–Crippen LogP) is 3.08. The number of hydrogen-bond acceptors (Lipinski definition) is 3. The fraction of sp³-hybridized carbons (Fsp3) is 0.467. The molecule has 0 saturated heterocycles. The first-order valence-electron chi connectivity index (χ1n) is 6.86. The van der Waals surface area contributed by atoms with Crippen molar-refractivity contribution in [3.63, 3.8) is 0 Å². The lowest BCUT2D eigenvalue weighted by Gasteiger charge is -2.16. The summed E-state index contributed by atoms with van der Waals surface area (Å²) in [5.41, 5.74) is 7.32. The van der Waals surface area contributed by atoms with E-state index < -0.39 is 0 Å². The van der Waals surface area contributed by atoms with E-state index in [9.17, 15) is 0 Å². The van der Waals surface area contributed by atoms with Crippen LogP contribution < -0.4 is 10.5 Å². The Labute approximate surface area is 114 Å². The van der Waals surface area contributed by atoms with Gasteiger partial charge in [-0.15, -0.1) is 0 Å². The summed E-state index contributed by atoms with van der Waals surface area (Å²) in [6.07, 6.45) is 4.78. The standard InChI is InChI=1S/C15H21N3O/c1-3-4-5-7-10(2)19-12-9-6-8-11-13(12)15(17)18-14(11)16/h6,8-10H,3-5,7H2,1-2H3,(H3,16,17,18).